The molecular weight excluding hydrogens is 302 g/mol. The molecule has 1 aromatic rings. The van der Waals surface area contributed by atoms with Gasteiger partial charge in [0, 0.05) is 11.9 Å². The van der Waals surface area contributed by atoms with Crippen LogP contribution in [-0.4, -0.2) is 38.2 Å². The van der Waals surface area contributed by atoms with Crippen LogP contribution >= 0.6 is 0 Å². The largest absolute Gasteiger partial charge is 0.465 e. The summed E-state index contributed by atoms with van der Waals surface area (Å²) in [6.07, 6.45) is 1.21. The normalized spacial score (nSPS) is 9.52. The fourth-order valence-electron chi connectivity index (χ4n) is 1.59. The molecule has 0 spiro atoms. The molecule has 7 heteroatoms. The summed E-state index contributed by atoms with van der Waals surface area (Å²) in [6, 6.07) is 6.32. The van der Waals surface area contributed by atoms with Gasteiger partial charge in [-0.25, -0.2) is 14.4 Å². The van der Waals surface area contributed by atoms with Crippen LogP contribution in [0.15, 0.2) is 36.0 Å². The van der Waals surface area contributed by atoms with Gasteiger partial charge in [0.1, 0.15) is 0 Å². The van der Waals surface area contributed by atoms with Gasteiger partial charge in [0.05, 0.1) is 25.9 Å². The van der Waals surface area contributed by atoms with E-state index in [1.807, 2.05) is 0 Å². The average Bonchev–Trinajstić information content (AvgIpc) is 2.55. The third kappa shape index (κ3) is 5.46. The summed E-state index contributed by atoms with van der Waals surface area (Å²) in [4.78, 5) is 34.9. The monoisotopic (exact) mass is 321 g/mol. The number of hydrogen-bond donors (Lipinski definition) is 1. The van der Waals surface area contributed by atoms with Gasteiger partial charge in [0.2, 0.25) is 0 Å². The molecule has 0 aromatic heterocycles. The topological polar surface area (TPSA) is 90.9 Å². The van der Waals surface area contributed by atoms with E-state index in [1.54, 1.807) is 38.1 Å². The predicted octanol–water partition coefficient (Wildman–Crippen LogP) is 1.90. The fourth-order valence-corrected chi connectivity index (χ4v) is 1.59. The molecule has 0 atom stereocenters. The van der Waals surface area contributed by atoms with Crippen LogP contribution in [0, 0.1) is 0 Å². The lowest BCUT2D eigenvalue weighted by atomic mass is 10.2. The van der Waals surface area contributed by atoms with E-state index in [0.29, 0.717) is 11.3 Å². The van der Waals surface area contributed by atoms with Gasteiger partial charge < -0.3 is 19.5 Å². The van der Waals surface area contributed by atoms with Crippen LogP contribution in [0.4, 0.5) is 5.69 Å². The second-order valence-corrected chi connectivity index (χ2v) is 4.21. The van der Waals surface area contributed by atoms with E-state index in [-0.39, 0.29) is 18.8 Å². The molecule has 0 saturated heterocycles. The molecule has 0 fully saturated rings. The van der Waals surface area contributed by atoms with Crippen LogP contribution in [-0.2, 0) is 23.8 Å². The van der Waals surface area contributed by atoms with E-state index in [0.717, 1.165) is 0 Å². The predicted molar refractivity (Wildman–Crippen MR) is 82.8 cm³/mol. The highest BCUT2D eigenvalue weighted by molar-refractivity contribution is 6.14. The van der Waals surface area contributed by atoms with Gasteiger partial charge in [-0.1, -0.05) is 0 Å². The highest BCUT2D eigenvalue weighted by Crippen LogP contribution is 2.12. The van der Waals surface area contributed by atoms with E-state index in [4.69, 9.17) is 9.47 Å². The lowest BCUT2D eigenvalue weighted by Crippen LogP contribution is -2.19. The van der Waals surface area contributed by atoms with Gasteiger partial charge in [-0.05, 0) is 38.1 Å². The standard InChI is InChI=1S/C16H19NO6/c1-4-22-15(19)13(16(20)23-5-2)10-17-12-8-6-11(7-9-12)14(18)21-3/h6-10,17H,4-5H2,1-3H3. The van der Waals surface area contributed by atoms with E-state index in [2.05, 4.69) is 10.1 Å². The molecule has 0 heterocycles. The first-order valence-electron chi connectivity index (χ1n) is 7.02. The number of ether oxygens (including phenoxy) is 3. The molecule has 0 saturated carbocycles. The first-order chi connectivity index (χ1) is 11.0. The van der Waals surface area contributed by atoms with Crippen molar-refractivity contribution in [3.63, 3.8) is 0 Å². The third-order valence-corrected chi connectivity index (χ3v) is 2.68. The van der Waals surface area contributed by atoms with Crippen LogP contribution in [0.5, 0.6) is 0 Å². The molecule has 0 aliphatic rings. The van der Waals surface area contributed by atoms with Crippen LogP contribution in [0.2, 0.25) is 0 Å². The summed E-state index contributed by atoms with van der Waals surface area (Å²) in [7, 11) is 1.29. The van der Waals surface area contributed by atoms with Crippen molar-refractivity contribution >= 4 is 23.6 Å². The fraction of sp³-hybridized carbons (Fsp3) is 0.312. The summed E-state index contributed by atoms with van der Waals surface area (Å²) in [5.41, 5.74) is 0.715. The van der Waals surface area contributed by atoms with E-state index in [9.17, 15) is 14.4 Å². The number of carbonyl (C=O) groups excluding carboxylic acids is 3. The smallest absolute Gasteiger partial charge is 0.347 e. The molecule has 1 rings (SSSR count). The summed E-state index contributed by atoms with van der Waals surface area (Å²) < 4.78 is 14.2. The number of carbonyl (C=O) groups is 3. The molecule has 1 aromatic carbocycles. The maximum absolute atomic E-state index is 11.8. The van der Waals surface area contributed by atoms with E-state index >= 15 is 0 Å². The first kappa shape index (κ1) is 18.2. The number of benzene rings is 1. The van der Waals surface area contributed by atoms with Crippen molar-refractivity contribution in [1.29, 1.82) is 0 Å². The number of anilines is 1. The average molecular weight is 321 g/mol. The SMILES string of the molecule is CCOC(=O)C(=CNc1ccc(C(=O)OC)cc1)C(=O)OCC. The molecule has 0 unspecified atom stereocenters. The van der Waals surface area contributed by atoms with Crippen molar-refractivity contribution in [2.45, 2.75) is 13.8 Å². The van der Waals surface area contributed by atoms with Crippen LogP contribution in [0.25, 0.3) is 0 Å². The Hall–Kier alpha value is -2.83. The lowest BCUT2D eigenvalue weighted by Gasteiger charge is -2.08. The van der Waals surface area contributed by atoms with Crippen LogP contribution < -0.4 is 5.32 Å². The number of methoxy groups -OCH3 is 1. The Morgan fingerprint density at radius 1 is 1.00 bits per heavy atom. The Bertz CT molecular complexity index is 571. The highest BCUT2D eigenvalue weighted by atomic mass is 16.6. The summed E-state index contributed by atoms with van der Waals surface area (Å²) in [5, 5.41) is 2.79. The molecular formula is C16H19NO6. The quantitative estimate of drug-likeness (QED) is 0.269. The Morgan fingerprint density at radius 3 is 1.96 bits per heavy atom. The van der Waals surface area contributed by atoms with Crippen molar-refractivity contribution < 1.29 is 28.6 Å². The third-order valence-electron chi connectivity index (χ3n) is 2.68. The molecule has 124 valence electrons. The van der Waals surface area contributed by atoms with E-state index < -0.39 is 17.9 Å². The minimum absolute atomic E-state index is 0.142. The zero-order valence-corrected chi connectivity index (χ0v) is 13.3. The van der Waals surface area contributed by atoms with Gasteiger partial charge in [0.15, 0.2) is 5.57 Å². The zero-order chi connectivity index (χ0) is 17.2. The van der Waals surface area contributed by atoms with Gasteiger partial charge >= 0.3 is 17.9 Å². The Balaban J connectivity index is 2.89. The van der Waals surface area contributed by atoms with E-state index in [1.165, 1.54) is 13.3 Å². The maximum Gasteiger partial charge on any atom is 0.347 e. The minimum atomic E-state index is -0.773. The number of rotatable bonds is 7. The number of hydrogen-bond acceptors (Lipinski definition) is 7. The molecule has 23 heavy (non-hydrogen) atoms. The molecule has 0 aliphatic heterocycles. The van der Waals surface area contributed by atoms with Crippen LogP contribution in [0.3, 0.4) is 0 Å². The van der Waals surface area contributed by atoms with Gasteiger partial charge in [-0.15, -0.1) is 0 Å². The Kier molecular flexibility index (Phi) is 7.32. The molecule has 0 amide bonds. The summed E-state index contributed by atoms with van der Waals surface area (Å²) in [5.74, 6) is -2.00. The van der Waals surface area contributed by atoms with Crippen molar-refractivity contribution in [3.05, 3.63) is 41.6 Å². The Morgan fingerprint density at radius 2 is 1.52 bits per heavy atom. The van der Waals surface area contributed by atoms with Crippen molar-refractivity contribution in [3.8, 4) is 0 Å². The summed E-state index contributed by atoms with van der Waals surface area (Å²) in [6.45, 7) is 3.56. The first-order valence-corrected chi connectivity index (χ1v) is 7.02. The number of esters is 3. The highest BCUT2D eigenvalue weighted by Gasteiger charge is 2.20. The molecule has 1 N–H and O–H groups in total. The number of nitrogens with one attached hydrogen (secondary N) is 1. The lowest BCUT2D eigenvalue weighted by molar-refractivity contribution is -0.146. The maximum atomic E-state index is 11.8. The van der Waals surface area contributed by atoms with Gasteiger partial charge in [-0.2, -0.15) is 0 Å². The van der Waals surface area contributed by atoms with Crippen LogP contribution in [0.1, 0.15) is 24.2 Å². The molecule has 7 nitrogen and oxygen atoms in total. The van der Waals surface area contributed by atoms with Crippen molar-refractivity contribution in [1.82, 2.24) is 0 Å². The summed E-state index contributed by atoms with van der Waals surface area (Å²) >= 11 is 0. The molecule has 0 bridgehead atoms. The second-order valence-electron chi connectivity index (χ2n) is 4.21. The molecule has 0 radical (unpaired) electrons. The van der Waals surface area contributed by atoms with Gasteiger partial charge in [0.25, 0.3) is 0 Å². The molecule has 0 aliphatic carbocycles. The Labute approximate surface area is 134 Å². The second kappa shape index (κ2) is 9.24. The van der Waals surface area contributed by atoms with Crippen molar-refractivity contribution in [2.24, 2.45) is 0 Å². The van der Waals surface area contributed by atoms with Gasteiger partial charge in [-0.3, -0.25) is 0 Å². The zero-order valence-electron chi connectivity index (χ0n) is 13.3. The minimum Gasteiger partial charge on any atom is -0.465 e. The van der Waals surface area contributed by atoms with Crippen molar-refractivity contribution in [2.75, 3.05) is 25.6 Å².